The Balaban J connectivity index is 2.21. The van der Waals surface area contributed by atoms with Crippen molar-refractivity contribution >= 4 is 34.9 Å². The molecular formula is C11H8Cl2N4O. The first kappa shape index (κ1) is 12.7. The molecular weight excluding hydrogens is 275 g/mol. The van der Waals surface area contributed by atoms with Crippen molar-refractivity contribution in [2.24, 2.45) is 0 Å². The highest BCUT2D eigenvalue weighted by Gasteiger charge is 2.12. The van der Waals surface area contributed by atoms with Crippen molar-refractivity contribution in [2.45, 2.75) is 6.92 Å². The molecule has 2 aromatic rings. The van der Waals surface area contributed by atoms with Gasteiger partial charge < -0.3 is 5.32 Å². The predicted octanol–water partition coefficient (Wildman–Crippen LogP) is 2.74. The van der Waals surface area contributed by atoms with E-state index in [1.807, 2.05) is 6.92 Å². The molecule has 0 saturated carbocycles. The molecule has 0 radical (unpaired) electrons. The lowest BCUT2D eigenvalue weighted by Crippen LogP contribution is -2.14. The molecule has 1 amide bonds. The van der Waals surface area contributed by atoms with Crippen LogP contribution < -0.4 is 5.32 Å². The van der Waals surface area contributed by atoms with Crippen molar-refractivity contribution in [1.29, 1.82) is 0 Å². The van der Waals surface area contributed by atoms with Crippen LogP contribution in [0.3, 0.4) is 0 Å². The lowest BCUT2D eigenvalue weighted by Gasteiger charge is -2.06. The normalized spacial score (nSPS) is 10.2. The van der Waals surface area contributed by atoms with E-state index in [0.29, 0.717) is 5.56 Å². The van der Waals surface area contributed by atoms with Gasteiger partial charge in [0.25, 0.3) is 5.91 Å². The summed E-state index contributed by atoms with van der Waals surface area (Å²) in [5.41, 5.74) is 1.24. The van der Waals surface area contributed by atoms with Gasteiger partial charge in [-0.1, -0.05) is 23.2 Å². The van der Waals surface area contributed by atoms with Gasteiger partial charge in [0, 0.05) is 11.9 Å². The summed E-state index contributed by atoms with van der Waals surface area (Å²) in [5, 5.41) is 2.73. The third kappa shape index (κ3) is 2.75. The number of halogens is 2. The van der Waals surface area contributed by atoms with Crippen LogP contribution in [0.15, 0.2) is 24.7 Å². The Morgan fingerprint density at radius 2 is 2.00 bits per heavy atom. The van der Waals surface area contributed by atoms with E-state index in [1.54, 1.807) is 12.1 Å². The highest BCUT2D eigenvalue weighted by Crippen LogP contribution is 2.25. The number of carbonyl (C=O) groups excluding carboxylic acids is 1. The maximum absolute atomic E-state index is 11.9. The van der Waals surface area contributed by atoms with Gasteiger partial charge >= 0.3 is 0 Å². The zero-order chi connectivity index (χ0) is 13.1. The largest absolute Gasteiger partial charge is 0.305 e. The standard InChI is InChI=1S/C11H8Cl2N4O/c1-6-2-3-7(4-14-6)11(18)17-10-8(12)9(13)15-5-16-10/h2-5H,1H3,(H,15,16,17,18). The van der Waals surface area contributed by atoms with E-state index >= 15 is 0 Å². The van der Waals surface area contributed by atoms with Crippen LogP contribution in [0.1, 0.15) is 16.1 Å². The van der Waals surface area contributed by atoms with Gasteiger partial charge in [0.05, 0.1) is 5.56 Å². The molecule has 0 bridgehead atoms. The van der Waals surface area contributed by atoms with Gasteiger partial charge in [-0.05, 0) is 19.1 Å². The van der Waals surface area contributed by atoms with E-state index < -0.39 is 0 Å². The summed E-state index contributed by atoms with van der Waals surface area (Å²) in [5.74, 6) is -0.193. The Labute approximate surface area is 113 Å². The molecule has 18 heavy (non-hydrogen) atoms. The fraction of sp³-hybridized carbons (Fsp3) is 0.0909. The first-order chi connectivity index (χ1) is 8.58. The molecule has 0 aromatic carbocycles. The van der Waals surface area contributed by atoms with Gasteiger partial charge in [0.15, 0.2) is 11.0 Å². The van der Waals surface area contributed by atoms with E-state index in [9.17, 15) is 4.79 Å². The second kappa shape index (κ2) is 5.29. The molecule has 0 saturated heterocycles. The minimum absolute atomic E-state index is 0.0870. The molecule has 1 N–H and O–H groups in total. The molecule has 0 aliphatic heterocycles. The summed E-state index contributed by atoms with van der Waals surface area (Å²) in [7, 11) is 0. The molecule has 0 aliphatic carbocycles. The minimum Gasteiger partial charge on any atom is -0.305 e. The second-order valence-corrected chi connectivity index (χ2v) is 4.21. The third-order valence-electron chi connectivity index (χ3n) is 2.15. The van der Waals surface area contributed by atoms with E-state index in [-0.39, 0.29) is 21.9 Å². The minimum atomic E-state index is -0.362. The summed E-state index contributed by atoms with van der Waals surface area (Å²) in [6.45, 7) is 1.84. The van der Waals surface area contributed by atoms with Gasteiger partial charge in [-0.3, -0.25) is 9.78 Å². The van der Waals surface area contributed by atoms with Crippen molar-refractivity contribution in [3.63, 3.8) is 0 Å². The zero-order valence-electron chi connectivity index (χ0n) is 9.32. The molecule has 0 fully saturated rings. The number of rotatable bonds is 2. The molecule has 0 spiro atoms. The Morgan fingerprint density at radius 1 is 1.22 bits per heavy atom. The van der Waals surface area contributed by atoms with Gasteiger partial charge in [0.1, 0.15) is 11.3 Å². The SMILES string of the molecule is Cc1ccc(C(=O)Nc2ncnc(Cl)c2Cl)cn1. The topological polar surface area (TPSA) is 67.8 Å². The molecule has 5 nitrogen and oxygen atoms in total. The Hall–Kier alpha value is -1.72. The number of carbonyl (C=O) groups is 1. The average Bonchev–Trinajstić information content (AvgIpc) is 2.36. The van der Waals surface area contributed by atoms with Crippen LogP contribution in [-0.4, -0.2) is 20.9 Å². The summed E-state index contributed by atoms with van der Waals surface area (Å²) in [6, 6.07) is 3.40. The first-order valence-electron chi connectivity index (χ1n) is 4.98. The fourth-order valence-corrected chi connectivity index (χ4v) is 1.50. The smallest absolute Gasteiger partial charge is 0.258 e. The van der Waals surface area contributed by atoms with Crippen LogP contribution >= 0.6 is 23.2 Å². The number of anilines is 1. The number of hydrogen-bond donors (Lipinski definition) is 1. The van der Waals surface area contributed by atoms with Crippen LogP contribution in [-0.2, 0) is 0 Å². The van der Waals surface area contributed by atoms with Crippen LogP contribution in [0, 0.1) is 6.92 Å². The number of nitrogens with zero attached hydrogens (tertiary/aromatic N) is 3. The van der Waals surface area contributed by atoms with Gasteiger partial charge in [0.2, 0.25) is 0 Å². The van der Waals surface area contributed by atoms with Gasteiger partial charge in [-0.15, -0.1) is 0 Å². The van der Waals surface area contributed by atoms with Gasteiger partial charge in [-0.2, -0.15) is 0 Å². The maximum Gasteiger partial charge on any atom is 0.258 e. The molecule has 92 valence electrons. The Bertz CT molecular complexity index is 586. The summed E-state index contributed by atoms with van der Waals surface area (Å²) >= 11 is 11.6. The molecule has 7 heteroatoms. The number of hydrogen-bond acceptors (Lipinski definition) is 4. The highest BCUT2D eigenvalue weighted by molar-refractivity contribution is 6.43. The van der Waals surface area contributed by atoms with E-state index in [4.69, 9.17) is 23.2 Å². The number of amides is 1. The average molecular weight is 283 g/mol. The Morgan fingerprint density at radius 3 is 2.67 bits per heavy atom. The van der Waals surface area contributed by atoms with Gasteiger partial charge in [-0.25, -0.2) is 9.97 Å². The van der Waals surface area contributed by atoms with Crippen LogP contribution in [0.5, 0.6) is 0 Å². The van der Waals surface area contributed by atoms with E-state index in [2.05, 4.69) is 20.3 Å². The van der Waals surface area contributed by atoms with Crippen molar-refractivity contribution in [3.8, 4) is 0 Å². The maximum atomic E-state index is 11.9. The molecule has 0 unspecified atom stereocenters. The molecule has 0 aliphatic rings. The molecule has 2 rings (SSSR count). The molecule has 0 atom stereocenters. The van der Waals surface area contributed by atoms with Crippen molar-refractivity contribution < 1.29 is 4.79 Å². The Kier molecular flexibility index (Phi) is 3.74. The van der Waals surface area contributed by atoms with E-state index in [0.717, 1.165) is 5.69 Å². The lowest BCUT2D eigenvalue weighted by molar-refractivity contribution is 0.102. The van der Waals surface area contributed by atoms with Crippen molar-refractivity contribution in [3.05, 3.63) is 46.1 Å². The van der Waals surface area contributed by atoms with Crippen LogP contribution in [0.2, 0.25) is 10.2 Å². The lowest BCUT2D eigenvalue weighted by atomic mass is 10.2. The quantitative estimate of drug-likeness (QED) is 0.860. The van der Waals surface area contributed by atoms with Crippen LogP contribution in [0.4, 0.5) is 5.82 Å². The summed E-state index contributed by atoms with van der Waals surface area (Å²) < 4.78 is 0. The van der Waals surface area contributed by atoms with Crippen molar-refractivity contribution in [1.82, 2.24) is 15.0 Å². The fourth-order valence-electron chi connectivity index (χ4n) is 1.22. The summed E-state index contributed by atoms with van der Waals surface area (Å²) in [6.07, 6.45) is 2.69. The second-order valence-electron chi connectivity index (χ2n) is 3.47. The first-order valence-corrected chi connectivity index (χ1v) is 5.73. The van der Waals surface area contributed by atoms with E-state index in [1.165, 1.54) is 12.5 Å². The van der Waals surface area contributed by atoms with Crippen LogP contribution in [0.25, 0.3) is 0 Å². The number of nitrogens with one attached hydrogen (secondary N) is 1. The number of aryl methyl sites for hydroxylation is 1. The zero-order valence-corrected chi connectivity index (χ0v) is 10.8. The number of aromatic nitrogens is 3. The van der Waals surface area contributed by atoms with Crippen molar-refractivity contribution in [2.75, 3.05) is 5.32 Å². The molecule has 2 heterocycles. The monoisotopic (exact) mass is 282 g/mol. The summed E-state index contributed by atoms with van der Waals surface area (Å²) in [4.78, 5) is 23.4. The predicted molar refractivity (Wildman–Crippen MR) is 69.0 cm³/mol. The molecule has 2 aromatic heterocycles. The third-order valence-corrected chi connectivity index (χ3v) is 2.89. The highest BCUT2D eigenvalue weighted by atomic mass is 35.5. The number of pyridine rings is 1.